The molecule has 1 atom stereocenters. The summed E-state index contributed by atoms with van der Waals surface area (Å²) in [5, 5.41) is 3.39. The Kier molecular flexibility index (Phi) is 4.03. The predicted molar refractivity (Wildman–Crippen MR) is 85.4 cm³/mol. The third kappa shape index (κ3) is 2.86. The smallest absolute Gasteiger partial charge is 0.0402 e. The minimum Gasteiger partial charge on any atom is -0.370 e. The van der Waals surface area contributed by atoms with Crippen LogP contribution in [-0.2, 0) is 6.42 Å². The van der Waals surface area contributed by atoms with Crippen molar-refractivity contribution in [1.29, 1.82) is 0 Å². The fourth-order valence-electron chi connectivity index (χ4n) is 3.00. The lowest BCUT2D eigenvalue weighted by atomic mass is 10.0. The minimum absolute atomic E-state index is 0.625. The first-order valence-electron chi connectivity index (χ1n) is 7.41. The van der Waals surface area contributed by atoms with E-state index in [-0.39, 0.29) is 0 Å². The third-order valence-corrected chi connectivity index (χ3v) is 4.17. The van der Waals surface area contributed by atoms with Crippen molar-refractivity contribution in [2.45, 2.75) is 18.9 Å². The molecular weight excluding hydrogens is 244 g/mol. The Morgan fingerprint density at radius 1 is 1.05 bits per heavy atom. The molecule has 1 N–H and O–H groups in total. The van der Waals surface area contributed by atoms with Crippen LogP contribution in [0.5, 0.6) is 0 Å². The van der Waals surface area contributed by atoms with Crippen molar-refractivity contribution < 1.29 is 0 Å². The van der Waals surface area contributed by atoms with Gasteiger partial charge in [0.25, 0.3) is 0 Å². The van der Waals surface area contributed by atoms with Gasteiger partial charge in [-0.1, -0.05) is 48.5 Å². The van der Waals surface area contributed by atoms with Gasteiger partial charge < -0.3 is 10.2 Å². The summed E-state index contributed by atoms with van der Waals surface area (Å²) in [5.41, 5.74) is 4.20. The van der Waals surface area contributed by atoms with Crippen molar-refractivity contribution in [2.24, 2.45) is 0 Å². The van der Waals surface area contributed by atoms with Crippen molar-refractivity contribution >= 4 is 5.69 Å². The van der Waals surface area contributed by atoms with Crippen LogP contribution in [0, 0.1) is 0 Å². The summed E-state index contributed by atoms with van der Waals surface area (Å²) in [6.07, 6.45) is 2.24. The third-order valence-electron chi connectivity index (χ3n) is 4.17. The van der Waals surface area contributed by atoms with Gasteiger partial charge in [0.1, 0.15) is 0 Å². The highest BCUT2D eigenvalue weighted by molar-refractivity contribution is 5.56. The van der Waals surface area contributed by atoms with E-state index in [1.165, 1.54) is 23.2 Å². The molecule has 1 heterocycles. The van der Waals surface area contributed by atoms with Gasteiger partial charge in [-0.15, -0.1) is 0 Å². The van der Waals surface area contributed by atoms with Crippen molar-refractivity contribution in [3.63, 3.8) is 0 Å². The average molecular weight is 266 g/mol. The van der Waals surface area contributed by atoms with Gasteiger partial charge in [-0.2, -0.15) is 0 Å². The number of rotatable bonds is 4. The summed E-state index contributed by atoms with van der Waals surface area (Å²) in [6, 6.07) is 20.2. The van der Waals surface area contributed by atoms with Crippen molar-refractivity contribution in [2.75, 3.05) is 25.0 Å². The van der Waals surface area contributed by atoms with Crippen LogP contribution in [0.4, 0.5) is 5.69 Å². The van der Waals surface area contributed by atoms with E-state index >= 15 is 0 Å². The fourth-order valence-corrected chi connectivity index (χ4v) is 3.00. The van der Waals surface area contributed by atoms with Gasteiger partial charge in [0.15, 0.2) is 0 Å². The summed E-state index contributed by atoms with van der Waals surface area (Å²) in [6.45, 7) is 2.26. The molecule has 1 unspecified atom stereocenters. The maximum atomic E-state index is 3.39. The van der Waals surface area contributed by atoms with Crippen LogP contribution >= 0.6 is 0 Å². The molecule has 104 valence electrons. The van der Waals surface area contributed by atoms with Crippen LogP contribution in [0.2, 0.25) is 0 Å². The predicted octanol–water partition coefficient (Wildman–Crippen LogP) is 3.08. The van der Waals surface area contributed by atoms with Gasteiger partial charge in [0.2, 0.25) is 0 Å². The highest BCUT2D eigenvalue weighted by Gasteiger charge is 2.22. The normalized spacial score (nSPS) is 18.4. The fraction of sp³-hybridized carbons (Fsp3) is 0.333. The molecule has 0 radical (unpaired) electrons. The number of anilines is 1. The molecule has 2 aromatic rings. The monoisotopic (exact) mass is 266 g/mol. The van der Waals surface area contributed by atoms with Gasteiger partial charge in [0.05, 0.1) is 0 Å². The Morgan fingerprint density at radius 2 is 1.80 bits per heavy atom. The maximum Gasteiger partial charge on any atom is 0.0402 e. The molecule has 0 bridgehead atoms. The molecule has 0 aliphatic carbocycles. The standard InChI is InChI=1S/C18H22N2/c1-19-17-11-12-20(14-17)18-10-6-5-9-16(18)13-15-7-3-2-4-8-15/h2-10,17,19H,11-14H2,1H3. The van der Waals surface area contributed by atoms with Gasteiger partial charge in [-0.3, -0.25) is 0 Å². The quantitative estimate of drug-likeness (QED) is 0.915. The van der Waals surface area contributed by atoms with Gasteiger partial charge in [-0.25, -0.2) is 0 Å². The molecule has 1 saturated heterocycles. The average Bonchev–Trinajstić information content (AvgIpc) is 2.98. The molecule has 2 heteroatoms. The number of hydrogen-bond acceptors (Lipinski definition) is 2. The molecule has 2 nitrogen and oxygen atoms in total. The van der Waals surface area contributed by atoms with Crippen LogP contribution in [0.1, 0.15) is 17.5 Å². The van der Waals surface area contributed by atoms with E-state index in [0.717, 1.165) is 19.5 Å². The summed E-state index contributed by atoms with van der Waals surface area (Å²) in [4.78, 5) is 2.51. The second-order valence-corrected chi connectivity index (χ2v) is 5.51. The first-order valence-corrected chi connectivity index (χ1v) is 7.41. The van der Waals surface area contributed by atoms with E-state index in [1.54, 1.807) is 0 Å². The topological polar surface area (TPSA) is 15.3 Å². The highest BCUT2D eigenvalue weighted by Crippen LogP contribution is 2.26. The Balaban J connectivity index is 1.82. The summed E-state index contributed by atoms with van der Waals surface area (Å²) in [7, 11) is 2.06. The molecular formula is C18H22N2. The molecule has 0 saturated carbocycles. The minimum atomic E-state index is 0.625. The van der Waals surface area contributed by atoms with E-state index in [9.17, 15) is 0 Å². The SMILES string of the molecule is CNC1CCN(c2ccccc2Cc2ccccc2)C1. The summed E-state index contributed by atoms with van der Waals surface area (Å²) < 4.78 is 0. The Bertz CT molecular complexity index is 550. The lowest BCUT2D eigenvalue weighted by molar-refractivity contribution is 0.617. The van der Waals surface area contributed by atoms with E-state index < -0.39 is 0 Å². The lowest BCUT2D eigenvalue weighted by Gasteiger charge is -2.22. The van der Waals surface area contributed by atoms with E-state index in [2.05, 4.69) is 71.9 Å². The Labute approximate surface area is 121 Å². The largest absolute Gasteiger partial charge is 0.370 e. The van der Waals surface area contributed by atoms with Crippen LogP contribution in [0.25, 0.3) is 0 Å². The van der Waals surface area contributed by atoms with Crippen molar-refractivity contribution in [3.8, 4) is 0 Å². The van der Waals surface area contributed by atoms with Crippen molar-refractivity contribution in [1.82, 2.24) is 5.32 Å². The molecule has 1 fully saturated rings. The summed E-state index contributed by atoms with van der Waals surface area (Å²) in [5.74, 6) is 0. The molecule has 0 amide bonds. The van der Waals surface area contributed by atoms with Gasteiger partial charge >= 0.3 is 0 Å². The molecule has 2 aromatic carbocycles. The van der Waals surface area contributed by atoms with Crippen molar-refractivity contribution in [3.05, 3.63) is 65.7 Å². The van der Waals surface area contributed by atoms with Crippen LogP contribution < -0.4 is 10.2 Å². The van der Waals surface area contributed by atoms with Gasteiger partial charge in [-0.05, 0) is 37.1 Å². The first kappa shape index (κ1) is 13.2. The molecule has 1 aliphatic heterocycles. The number of nitrogens with zero attached hydrogens (tertiary/aromatic N) is 1. The molecule has 0 aromatic heterocycles. The van der Waals surface area contributed by atoms with Crippen LogP contribution in [0.3, 0.4) is 0 Å². The van der Waals surface area contributed by atoms with E-state index in [4.69, 9.17) is 0 Å². The van der Waals surface area contributed by atoms with Crippen LogP contribution in [0.15, 0.2) is 54.6 Å². The number of likely N-dealkylation sites (N-methyl/N-ethyl adjacent to an activating group) is 1. The van der Waals surface area contributed by atoms with Crippen LogP contribution in [-0.4, -0.2) is 26.2 Å². The number of nitrogens with one attached hydrogen (secondary N) is 1. The zero-order valence-electron chi connectivity index (χ0n) is 12.0. The summed E-state index contributed by atoms with van der Waals surface area (Å²) >= 11 is 0. The molecule has 1 aliphatic rings. The molecule has 3 rings (SSSR count). The number of hydrogen-bond donors (Lipinski definition) is 1. The highest BCUT2D eigenvalue weighted by atomic mass is 15.2. The van der Waals surface area contributed by atoms with E-state index in [0.29, 0.717) is 6.04 Å². The van der Waals surface area contributed by atoms with Gasteiger partial charge in [0, 0.05) is 24.8 Å². The maximum absolute atomic E-state index is 3.39. The number of benzene rings is 2. The second-order valence-electron chi connectivity index (χ2n) is 5.51. The lowest BCUT2D eigenvalue weighted by Crippen LogP contribution is -2.29. The molecule has 20 heavy (non-hydrogen) atoms. The first-order chi connectivity index (χ1) is 9.86. The second kappa shape index (κ2) is 6.10. The molecule has 0 spiro atoms. The zero-order valence-corrected chi connectivity index (χ0v) is 12.0. The number of para-hydroxylation sites is 1. The van der Waals surface area contributed by atoms with E-state index in [1.807, 2.05) is 0 Å². The Hall–Kier alpha value is -1.80. The zero-order chi connectivity index (χ0) is 13.8. The Morgan fingerprint density at radius 3 is 2.55 bits per heavy atom.